The van der Waals surface area contributed by atoms with Crippen LogP contribution >= 0.6 is 0 Å². The van der Waals surface area contributed by atoms with Crippen molar-refractivity contribution in [1.82, 2.24) is 5.32 Å². The minimum Gasteiger partial charge on any atom is -0.449 e. The number of alkyl carbamates (subject to hydrolysis) is 1. The van der Waals surface area contributed by atoms with E-state index in [-0.39, 0.29) is 6.09 Å². The largest absolute Gasteiger partial charge is 0.449 e. The van der Waals surface area contributed by atoms with Crippen molar-refractivity contribution in [2.45, 2.75) is 32.7 Å². The SMILES string of the molecule is CC(C)COC(=O)NC1CC1. The lowest BCUT2D eigenvalue weighted by Crippen LogP contribution is -2.27. The van der Waals surface area contributed by atoms with Crippen molar-refractivity contribution in [3.05, 3.63) is 0 Å². The van der Waals surface area contributed by atoms with Crippen LogP contribution in [0.2, 0.25) is 0 Å². The highest BCUT2D eigenvalue weighted by molar-refractivity contribution is 5.67. The average Bonchev–Trinajstić information content (AvgIpc) is 2.67. The molecule has 0 heterocycles. The molecule has 3 nitrogen and oxygen atoms in total. The molecule has 0 atom stereocenters. The van der Waals surface area contributed by atoms with E-state index < -0.39 is 0 Å². The average molecular weight is 157 g/mol. The van der Waals surface area contributed by atoms with Crippen molar-refractivity contribution in [1.29, 1.82) is 0 Å². The lowest BCUT2D eigenvalue weighted by Gasteiger charge is -2.07. The molecular formula is C8H15NO2. The predicted octanol–water partition coefficient (Wildman–Crippen LogP) is 1.53. The van der Waals surface area contributed by atoms with Gasteiger partial charge in [0.25, 0.3) is 0 Å². The van der Waals surface area contributed by atoms with Crippen molar-refractivity contribution in [3.63, 3.8) is 0 Å². The first kappa shape index (κ1) is 8.37. The summed E-state index contributed by atoms with van der Waals surface area (Å²) < 4.78 is 4.90. The van der Waals surface area contributed by atoms with Gasteiger partial charge in [-0.1, -0.05) is 13.8 Å². The van der Waals surface area contributed by atoms with Gasteiger partial charge >= 0.3 is 6.09 Å². The maximum absolute atomic E-state index is 10.9. The molecule has 0 spiro atoms. The molecule has 0 radical (unpaired) electrons. The van der Waals surface area contributed by atoms with Crippen LogP contribution in [0.3, 0.4) is 0 Å². The first-order chi connectivity index (χ1) is 5.18. The van der Waals surface area contributed by atoms with Gasteiger partial charge in [0.05, 0.1) is 6.61 Å². The van der Waals surface area contributed by atoms with Crippen molar-refractivity contribution < 1.29 is 9.53 Å². The third-order valence-corrected chi connectivity index (χ3v) is 1.45. The van der Waals surface area contributed by atoms with Crippen LogP contribution in [0.1, 0.15) is 26.7 Å². The molecule has 1 aliphatic rings. The number of hydrogen-bond acceptors (Lipinski definition) is 2. The zero-order chi connectivity index (χ0) is 8.27. The van der Waals surface area contributed by atoms with Gasteiger partial charge in [-0.3, -0.25) is 0 Å². The second-order valence-electron chi connectivity index (χ2n) is 3.41. The van der Waals surface area contributed by atoms with Gasteiger partial charge in [-0.25, -0.2) is 4.79 Å². The molecule has 1 rings (SSSR count). The fourth-order valence-electron chi connectivity index (χ4n) is 0.678. The molecule has 64 valence electrons. The van der Waals surface area contributed by atoms with Crippen molar-refractivity contribution in [3.8, 4) is 0 Å². The maximum atomic E-state index is 10.9. The molecular weight excluding hydrogens is 142 g/mol. The minimum atomic E-state index is -0.263. The number of hydrogen-bond donors (Lipinski definition) is 1. The Morgan fingerprint density at radius 3 is 2.73 bits per heavy atom. The third-order valence-electron chi connectivity index (χ3n) is 1.45. The summed E-state index contributed by atoms with van der Waals surface area (Å²) >= 11 is 0. The highest BCUT2D eigenvalue weighted by Gasteiger charge is 2.23. The molecule has 0 unspecified atom stereocenters. The van der Waals surface area contributed by atoms with Crippen molar-refractivity contribution >= 4 is 6.09 Å². The van der Waals surface area contributed by atoms with E-state index in [4.69, 9.17) is 4.74 Å². The molecule has 0 aliphatic heterocycles. The van der Waals surface area contributed by atoms with Gasteiger partial charge in [0.15, 0.2) is 0 Å². The van der Waals surface area contributed by atoms with Crippen LogP contribution in [0, 0.1) is 5.92 Å². The number of rotatable bonds is 3. The standard InChI is InChI=1S/C8H15NO2/c1-6(2)5-11-8(10)9-7-3-4-7/h6-7H,3-5H2,1-2H3,(H,9,10). The second-order valence-corrected chi connectivity index (χ2v) is 3.41. The van der Waals surface area contributed by atoms with E-state index in [0.717, 1.165) is 12.8 Å². The molecule has 3 heteroatoms. The highest BCUT2D eigenvalue weighted by atomic mass is 16.5. The molecule has 11 heavy (non-hydrogen) atoms. The van der Waals surface area contributed by atoms with Gasteiger partial charge in [-0.15, -0.1) is 0 Å². The first-order valence-electron chi connectivity index (χ1n) is 4.12. The Kier molecular flexibility index (Phi) is 2.74. The molecule has 1 N–H and O–H groups in total. The number of amides is 1. The Morgan fingerprint density at radius 2 is 2.27 bits per heavy atom. The molecule has 1 aliphatic carbocycles. The third kappa shape index (κ3) is 3.86. The Bertz CT molecular complexity index is 141. The quantitative estimate of drug-likeness (QED) is 0.674. The van der Waals surface area contributed by atoms with Gasteiger partial charge in [0.1, 0.15) is 0 Å². The van der Waals surface area contributed by atoms with Crippen LogP contribution in [0.15, 0.2) is 0 Å². The molecule has 0 bridgehead atoms. The second kappa shape index (κ2) is 3.60. The van der Waals surface area contributed by atoms with Gasteiger partial charge in [-0.2, -0.15) is 0 Å². The number of ether oxygens (including phenoxy) is 1. The molecule has 1 amide bonds. The smallest absolute Gasteiger partial charge is 0.407 e. The van der Waals surface area contributed by atoms with Gasteiger partial charge in [0.2, 0.25) is 0 Å². The van der Waals surface area contributed by atoms with Crippen molar-refractivity contribution in [2.75, 3.05) is 6.61 Å². The summed E-state index contributed by atoms with van der Waals surface area (Å²) in [7, 11) is 0. The fourth-order valence-corrected chi connectivity index (χ4v) is 0.678. The van der Waals surface area contributed by atoms with Crippen LogP contribution in [0.5, 0.6) is 0 Å². The number of nitrogens with one attached hydrogen (secondary N) is 1. The lowest BCUT2D eigenvalue weighted by atomic mass is 10.2. The van der Waals surface area contributed by atoms with E-state index in [1.807, 2.05) is 13.8 Å². The Balaban J connectivity index is 2.00. The van der Waals surface area contributed by atoms with E-state index in [1.165, 1.54) is 0 Å². The van der Waals surface area contributed by atoms with E-state index in [2.05, 4.69) is 5.32 Å². The van der Waals surface area contributed by atoms with Crippen LogP contribution in [0.25, 0.3) is 0 Å². The van der Waals surface area contributed by atoms with Crippen LogP contribution in [-0.4, -0.2) is 18.7 Å². The van der Waals surface area contributed by atoms with Gasteiger partial charge in [-0.05, 0) is 18.8 Å². The first-order valence-corrected chi connectivity index (χ1v) is 4.12. The fraction of sp³-hybridized carbons (Fsp3) is 0.875. The summed E-state index contributed by atoms with van der Waals surface area (Å²) in [5, 5.41) is 2.75. The number of carbonyl (C=O) groups is 1. The molecule has 0 aromatic carbocycles. The van der Waals surface area contributed by atoms with Gasteiger partial charge < -0.3 is 10.1 Å². The molecule has 0 aromatic heterocycles. The summed E-state index contributed by atoms with van der Waals surface area (Å²) in [6.45, 7) is 4.55. The molecule has 1 fully saturated rings. The molecule has 0 aromatic rings. The van der Waals surface area contributed by atoms with Crippen LogP contribution in [-0.2, 0) is 4.74 Å². The zero-order valence-electron chi connectivity index (χ0n) is 7.09. The minimum absolute atomic E-state index is 0.263. The summed E-state index contributed by atoms with van der Waals surface area (Å²) in [6, 6.07) is 0.398. The van der Waals surface area contributed by atoms with E-state index in [9.17, 15) is 4.79 Å². The molecule has 0 saturated heterocycles. The Labute approximate surface area is 67.1 Å². The van der Waals surface area contributed by atoms with Gasteiger partial charge in [0, 0.05) is 6.04 Å². The highest BCUT2D eigenvalue weighted by Crippen LogP contribution is 2.18. The maximum Gasteiger partial charge on any atom is 0.407 e. The van der Waals surface area contributed by atoms with Crippen LogP contribution in [0.4, 0.5) is 4.79 Å². The zero-order valence-corrected chi connectivity index (χ0v) is 7.09. The van der Waals surface area contributed by atoms with Crippen LogP contribution < -0.4 is 5.32 Å². The lowest BCUT2D eigenvalue weighted by molar-refractivity contribution is 0.132. The topological polar surface area (TPSA) is 38.3 Å². The summed E-state index contributed by atoms with van der Waals surface area (Å²) in [5.74, 6) is 0.417. The summed E-state index contributed by atoms with van der Waals surface area (Å²) in [5.41, 5.74) is 0. The normalized spacial score (nSPS) is 16.6. The monoisotopic (exact) mass is 157 g/mol. The Hall–Kier alpha value is -0.730. The number of carbonyl (C=O) groups excluding carboxylic acids is 1. The van der Waals surface area contributed by atoms with Crippen molar-refractivity contribution in [2.24, 2.45) is 5.92 Å². The summed E-state index contributed by atoms with van der Waals surface area (Å²) in [4.78, 5) is 10.9. The van der Waals surface area contributed by atoms with E-state index in [0.29, 0.717) is 18.6 Å². The van der Waals surface area contributed by atoms with E-state index >= 15 is 0 Å². The Morgan fingerprint density at radius 1 is 1.64 bits per heavy atom. The van der Waals surface area contributed by atoms with E-state index in [1.54, 1.807) is 0 Å². The summed E-state index contributed by atoms with van der Waals surface area (Å²) in [6.07, 6.45) is 1.95. The molecule has 1 saturated carbocycles. The predicted molar refractivity (Wildman–Crippen MR) is 42.3 cm³/mol.